The van der Waals surface area contributed by atoms with Gasteiger partial charge in [0, 0.05) is 11.1 Å². The van der Waals surface area contributed by atoms with E-state index in [9.17, 15) is 4.79 Å². The zero-order valence-corrected chi connectivity index (χ0v) is 12.9. The molecule has 0 bridgehead atoms. The van der Waals surface area contributed by atoms with Crippen molar-refractivity contribution in [2.45, 2.75) is 32.2 Å². The van der Waals surface area contributed by atoms with Gasteiger partial charge >= 0.3 is 0 Å². The quantitative estimate of drug-likeness (QED) is 0.714. The van der Waals surface area contributed by atoms with E-state index in [-0.39, 0.29) is 5.56 Å². The molecule has 0 atom stereocenters. The van der Waals surface area contributed by atoms with Crippen LogP contribution in [-0.4, -0.2) is 19.7 Å². The summed E-state index contributed by atoms with van der Waals surface area (Å²) in [4.78, 5) is 18.4. The van der Waals surface area contributed by atoms with E-state index < -0.39 is 0 Å². The molecule has 0 fully saturated rings. The molecule has 2 N–H and O–H groups in total. The molecule has 1 aliphatic rings. The van der Waals surface area contributed by atoms with Crippen LogP contribution in [0.3, 0.4) is 0 Å². The second kappa shape index (κ2) is 4.92. The molecule has 4 rings (SSSR count). The Bertz CT molecular complexity index is 917. The molecule has 0 amide bonds. The number of fused-ring (bicyclic) bond motifs is 3. The first-order valence-electron chi connectivity index (χ1n) is 6.99. The van der Waals surface area contributed by atoms with Crippen LogP contribution in [0.15, 0.2) is 17.1 Å². The molecule has 21 heavy (non-hydrogen) atoms. The zero-order chi connectivity index (χ0) is 14.4. The maximum absolute atomic E-state index is 12.9. The summed E-state index contributed by atoms with van der Waals surface area (Å²) in [5.41, 5.74) is 2.12. The van der Waals surface area contributed by atoms with Crippen LogP contribution in [0.1, 0.15) is 29.0 Å². The van der Waals surface area contributed by atoms with Crippen molar-refractivity contribution in [2.24, 2.45) is 0 Å². The number of hydrogen-bond acceptors (Lipinski definition) is 4. The predicted molar refractivity (Wildman–Crippen MR) is 85.6 cm³/mol. The van der Waals surface area contributed by atoms with Gasteiger partial charge in [-0.2, -0.15) is 5.10 Å². The summed E-state index contributed by atoms with van der Waals surface area (Å²) in [6.45, 7) is 0.425. The van der Waals surface area contributed by atoms with Gasteiger partial charge < -0.3 is 4.98 Å². The van der Waals surface area contributed by atoms with E-state index in [2.05, 4.69) is 15.2 Å². The monoisotopic (exact) mass is 318 g/mol. The third kappa shape index (κ3) is 2.08. The molecular weight excluding hydrogens is 304 g/mol. The minimum Gasteiger partial charge on any atom is -0.323 e. The predicted octanol–water partition coefficient (Wildman–Crippen LogP) is 2.77. The third-order valence-corrected chi connectivity index (χ3v) is 5.51. The average molecular weight is 318 g/mol. The molecule has 0 radical (unpaired) electrons. The van der Waals surface area contributed by atoms with Crippen LogP contribution in [0.25, 0.3) is 10.2 Å². The zero-order valence-electron chi connectivity index (χ0n) is 11.3. The highest BCUT2D eigenvalue weighted by atomic mass is 32.1. The first kappa shape index (κ1) is 13.0. The van der Waals surface area contributed by atoms with Crippen molar-refractivity contribution in [1.29, 1.82) is 0 Å². The van der Waals surface area contributed by atoms with Crippen LogP contribution in [-0.2, 0) is 19.4 Å². The van der Waals surface area contributed by atoms with Crippen LogP contribution in [0.4, 0.5) is 0 Å². The fraction of sp³-hybridized carbons (Fsp3) is 0.357. The van der Waals surface area contributed by atoms with Gasteiger partial charge in [0.1, 0.15) is 4.83 Å². The average Bonchev–Trinajstić information content (AvgIpc) is 3.10. The van der Waals surface area contributed by atoms with Gasteiger partial charge in [0.25, 0.3) is 5.56 Å². The molecule has 0 saturated heterocycles. The lowest BCUT2D eigenvalue weighted by Crippen LogP contribution is -2.23. The minimum absolute atomic E-state index is 0.0164. The Morgan fingerprint density at radius 1 is 1.38 bits per heavy atom. The molecule has 5 nitrogen and oxygen atoms in total. The van der Waals surface area contributed by atoms with Gasteiger partial charge in [-0.3, -0.25) is 14.5 Å². The number of aryl methyl sites for hydroxylation is 2. The van der Waals surface area contributed by atoms with Crippen LogP contribution in [0, 0.1) is 4.77 Å². The number of aromatic amines is 2. The van der Waals surface area contributed by atoms with E-state index in [1.807, 2.05) is 6.07 Å². The molecule has 0 spiro atoms. The van der Waals surface area contributed by atoms with E-state index >= 15 is 0 Å². The van der Waals surface area contributed by atoms with Crippen LogP contribution in [0.5, 0.6) is 0 Å². The molecule has 1 aliphatic carbocycles. The summed E-state index contributed by atoms with van der Waals surface area (Å²) >= 11 is 7.05. The van der Waals surface area contributed by atoms with Crippen LogP contribution < -0.4 is 5.56 Å². The largest absolute Gasteiger partial charge is 0.323 e. The summed E-state index contributed by atoms with van der Waals surface area (Å²) in [6.07, 6.45) is 6.13. The number of nitrogens with zero attached hydrogens (tertiary/aromatic N) is 2. The van der Waals surface area contributed by atoms with Crippen molar-refractivity contribution in [2.75, 3.05) is 0 Å². The molecule has 0 unspecified atom stereocenters. The number of H-pyrrole nitrogens is 2. The number of thiophene rings is 1. The normalized spacial score (nSPS) is 14.5. The van der Waals surface area contributed by atoms with Crippen molar-refractivity contribution in [3.05, 3.63) is 43.5 Å². The lowest BCUT2D eigenvalue weighted by atomic mass is 9.97. The van der Waals surface area contributed by atoms with Crippen molar-refractivity contribution in [3.8, 4) is 0 Å². The van der Waals surface area contributed by atoms with E-state index in [0.717, 1.165) is 35.2 Å². The fourth-order valence-electron chi connectivity index (χ4n) is 2.96. The standard InChI is InChI=1S/C14H14N4OS2/c19-13-11-9-3-1-2-4-10(9)21-12(11)16-14(20)18(13)7-8-5-6-15-17-8/h5-6H,1-4,7H2,(H,15,17)(H,16,20). The lowest BCUT2D eigenvalue weighted by Gasteiger charge is -2.10. The highest BCUT2D eigenvalue weighted by Gasteiger charge is 2.20. The second-order valence-electron chi connectivity index (χ2n) is 5.32. The molecule has 0 aliphatic heterocycles. The molecule has 0 saturated carbocycles. The van der Waals surface area contributed by atoms with Crippen molar-refractivity contribution in [3.63, 3.8) is 0 Å². The Kier molecular flexibility index (Phi) is 3.04. The Morgan fingerprint density at radius 3 is 3.05 bits per heavy atom. The van der Waals surface area contributed by atoms with Crippen LogP contribution >= 0.6 is 23.6 Å². The van der Waals surface area contributed by atoms with Gasteiger partial charge in [0.05, 0.1) is 17.6 Å². The first-order valence-corrected chi connectivity index (χ1v) is 8.22. The number of rotatable bonds is 2. The summed E-state index contributed by atoms with van der Waals surface area (Å²) in [5, 5.41) is 7.63. The minimum atomic E-state index is 0.0164. The van der Waals surface area contributed by atoms with Crippen molar-refractivity contribution < 1.29 is 0 Å². The Hall–Kier alpha value is -1.73. The van der Waals surface area contributed by atoms with Crippen molar-refractivity contribution in [1.82, 2.24) is 19.7 Å². The molecule has 0 aromatic carbocycles. The summed E-state index contributed by atoms with van der Waals surface area (Å²) < 4.78 is 2.09. The van der Waals surface area contributed by atoms with Gasteiger partial charge in [0.2, 0.25) is 0 Å². The number of hydrogen-bond donors (Lipinski definition) is 2. The van der Waals surface area contributed by atoms with E-state index in [1.54, 1.807) is 22.1 Å². The maximum atomic E-state index is 12.9. The van der Waals surface area contributed by atoms with E-state index in [0.29, 0.717) is 11.3 Å². The molecule has 3 aromatic rings. The summed E-state index contributed by atoms with van der Waals surface area (Å²) in [7, 11) is 0. The fourth-order valence-corrected chi connectivity index (χ4v) is 4.55. The van der Waals surface area contributed by atoms with Crippen LogP contribution in [0.2, 0.25) is 0 Å². The highest BCUT2D eigenvalue weighted by Crippen LogP contribution is 2.33. The summed E-state index contributed by atoms with van der Waals surface area (Å²) in [6, 6.07) is 1.86. The molecule has 3 aromatic heterocycles. The summed E-state index contributed by atoms with van der Waals surface area (Å²) in [5.74, 6) is 0. The van der Waals surface area contributed by atoms with E-state index in [4.69, 9.17) is 12.2 Å². The smallest absolute Gasteiger partial charge is 0.263 e. The Balaban J connectivity index is 1.95. The van der Waals surface area contributed by atoms with Gasteiger partial charge in [-0.1, -0.05) is 0 Å². The maximum Gasteiger partial charge on any atom is 0.263 e. The highest BCUT2D eigenvalue weighted by molar-refractivity contribution is 7.71. The topological polar surface area (TPSA) is 66.5 Å². The lowest BCUT2D eigenvalue weighted by molar-refractivity contribution is 0.693. The number of aromatic nitrogens is 4. The third-order valence-electron chi connectivity index (χ3n) is 3.98. The van der Waals surface area contributed by atoms with Crippen molar-refractivity contribution >= 4 is 33.8 Å². The van der Waals surface area contributed by atoms with Gasteiger partial charge in [-0.25, -0.2) is 0 Å². The van der Waals surface area contributed by atoms with E-state index in [1.165, 1.54) is 16.9 Å². The van der Waals surface area contributed by atoms with Gasteiger partial charge in [-0.15, -0.1) is 11.3 Å². The second-order valence-corrected chi connectivity index (χ2v) is 6.81. The SMILES string of the molecule is O=c1c2c3c(sc2[nH]c(=S)n1Cc1ccn[nH]1)CCCC3. The number of nitrogens with one attached hydrogen (secondary N) is 2. The molecular formula is C14H14N4OS2. The molecule has 7 heteroatoms. The van der Waals surface area contributed by atoms with Gasteiger partial charge in [-0.05, 0) is 49.5 Å². The molecule has 3 heterocycles. The molecule has 108 valence electrons. The first-order chi connectivity index (χ1) is 10.2. The Morgan fingerprint density at radius 2 is 2.24 bits per heavy atom. The van der Waals surface area contributed by atoms with Gasteiger partial charge in [0.15, 0.2) is 4.77 Å². The Labute approximate surface area is 129 Å².